The third kappa shape index (κ3) is 1.69. The Labute approximate surface area is 115 Å². The number of hydrogen-bond acceptors (Lipinski definition) is 2. The van der Waals surface area contributed by atoms with E-state index in [2.05, 4.69) is 0 Å². The number of carbonyl (C=O) groups excluding carboxylic acids is 1. The predicted molar refractivity (Wildman–Crippen MR) is 77.9 cm³/mol. The van der Waals surface area contributed by atoms with Crippen molar-refractivity contribution in [1.29, 1.82) is 0 Å². The van der Waals surface area contributed by atoms with Crippen LogP contribution >= 0.6 is 0 Å². The van der Waals surface area contributed by atoms with E-state index in [9.17, 15) is 9.59 Å². The monoisotopic (exact) mass is 266 g/mol. The average molecular weight is 266 g/mol. The van der Waals surface area contributed by atoms with Gasteiger partial charge in [-0.15, -0.1) is 0 Å². The average Bonchev–Trinajstić information content (AvgIpc) is 2.75. The lowest BCUT2D eigenvalue weighted by atomic mass is 10.2. The van der Waals surface area contributed by atoms with Crippen LogP contribution in [0.3, 0.4) is 0 Å². The summed E-state index contributed by atoms with van der Waals surface area (Å²) in [6.07, 6.45) is 4.27. The second-order valence-electron chi connectivity index (χ2n) is 4.84. The lowest BCUT2D eigenvalue weighted by Crippen LogP contribution is -2.24. The minimum Gasteiger partial charge on any atom is -0.316 e. The summed E-state index contributed by atoms with van der Waals surface area (Å²) in [7, 11) is 0. The Kier molecular flexibility index (Phi) is 2.79. The fraction of sp³-hybridized carbons (Fsp3) is 0.125. The molecule has 4 nitrogen and oxygen atoms in total. The zero-order valence-corrected chi connectivity index (χ0v) is 11.3. The van der Waals surface area contributed by atoms with Crippen molar-refractivity contribution in [3.05, 3.63) is 69.9 Å². The molecule has 0 unspecified atom stereocenters. The third-order valence-electron chi connectivity index (χ3n) is 3.61. The lowest BCUT2D eigenvalue weighted by Gasteiger charge is -2.10. The molecule has 4 heteroatoms. The summed E-state index contributed by atoms with van der Waals surface area (Å²) in [6, 6.07) is 9.19. The van der Waals surface area contributed by atoms with Crippen LogP contribution in [0.1, 0.15) is 21.6 Å². The molecular formula is C16H14N2O2. The van der Waals surface area contributed by atoms with Gasteiger partial charge in [-0.2, -0.15) is 0 Å². The van der Waals surface area contributed by atoms with Crippen LogP contribution in [0.15, 0.2) is 47.5 Å². The van der Waals surface area contributed by atoms with Gasteiger partial charge in [-0.3, -0.25) is 14.2 Å². The number of aromatic nitrogens is 2. The summed E-state index contributed by atoms with van der Waals surface area (Å²) in [6.45, 7) is 3.87. The highest BCUT2D eigenvalue weighted by molar-refractivity contribution is 5.74. The fourth-order valence-electron chi connectivity index (χ4n) is 2.47. The van der Waals surface area contributed by atoms with E-state index in [1.807, 2.05) is 50.4 Å². The van der Waals surface area contributed by atoms with Crippen molar-refractivity contribution in [2.45, 2.75) is 13.8 Å². The Morgan fingerprint density at radius 3 is 2.40 bits per heavy atom. The molecule has 0 spiro atoms. The number of aldehydes is 1. The van der Waals surface area contributed by atoms with Crippen molar-refractivity contribution in [3.63, 3.8) is 0 Å². The van der Waals surface area contributed by atoms with Gasteiger partial charge in [0.1, 0.15) is 11.2 Å². The van der Waals surface area contributed by atoms with Crippen molar-refractivity contribution in [2.24, 2.45) is 0 Å². The van der Waals surface area contributed by atoms with Gasteiger partial charge in [0.2, 0.25) is 0 Å². The summed E-state index contributed by atoms with van der Waals surface area (Å²) in [5, 5.41) is 0. The minimum absolute atomic E-state index is 0.175. The molecule has 0 atom stereocenters. The number of hydrogen-bond donors (Lipinski definition) is 0. The number of nitrogens with zero attached hydrogens (tertiary/aromatic N) is 2. The zero-order valence-electron chi connectivity index (χ0n) is 11.3. The van der Waals surface area contributed by atoms with Gasteiger partial charge < -0.3 is 4.40 Å². The molecule has 0 radical (unpaired) electrons. The number of para-hydroxylation sites is 1. The molecule has 0 aliphatic carbocycles. The normalized spacial score (nSPS) is 10.9. The number of rotatable bonds is 2. The second kappa shape index (κ2) is 4.49. The molecule has 0 bridgehead atoms. The van der Waals surface area contributed by atoms with Crippen LogP contribution in [0.5, 0.6) is 0 Å². The molecule has 100 valence electrons. The Morgan fingerprint density at radius 2 is 1.75 bits per heavy atom. The van der Waals surface area contributed by atoms with E-state index in [-0.39, 0.29) is 5.56 Å². The van der Waals surface area contributed by atoms with Crippen molar-refractivity contribution < 1.29 is 4.79 Å². The molecule has 0 aliphatic heterocycles. The Balaban J connectivity index is 2.48. The number of carbonyl (C=O) groups is 1. The molecule has 0 saturated heterocycles. The fourth-order valence-corrected chi connectivity index (χ4v) is 2.47. The first-order chi connectivity index (χ1) is 9.63. The molecule has 20 heavy (non-hydrogen) atoms. The van der Waals surface area contributed by atoms with Crippen molar-refractivity contribution >= 4 is 11.8 Å². The molecule has 3 aromatic rings. The Morgan fingerprint density at radius 1 is 1.05 bits per heavy atom. The molecule has 3 rings (SSSR count). The molecule has 0 N–H and O–H groups in total. The first-order valence-corrected chi connectivity index (χ1v) is 6.38. The second-order valence-corrected chi connectivity index (χ2v) is 4.84. The summed E-state index contributed by atoms with van der Waals surface area (Å²) >= 11 is 0. The Bertz CT molecular complexity index is 858. The van der Waals surface area contributed by atoms with Gasteiger partial charge >= 0.3 is 0 Å². The van der Waals surface area contributed by atoms with Gasteiger partial charge in [0.05, 0.1) is 0 Å². The van der Waals surface area contributed by atoms with E-state index in [0.717, 1.165) is 11.1 Å². The van der Waals surface area contributed by atoms with Crippen LogP contribution in [0, 0.1) is 13.8 Å². The first-order valence-electron chi connectivity index (χ1n) is 6.38. The molecule has 0 saturated carbocycles. The van der Waals surface area contributed by atoms with Crippen LogP contribution < -0.4 is 5.56 Å². The molecule has 2 heterocycles. The van der Waals surface area contributed by atoms with Gasteiger partial charge in [-0.25, -0.2) is 0 Å². The summed E-state index contributed by atoms with van der Waals surface area (Å²) in [4.78, 5) is 24.0. The van der Waals surface area contributed by atoms with Gasteiger partial charge in [-0.05, 0) is 37.1 Å². The highest BCUT2D eigenvalue weighted by Gasteiger charge is 2.14. The highest BCUT2D eigenvalue weighted by atomic mass is 16.1. The molecule has 0 aliphatic rings. The van der Waals surface area contributed by atoms with Gasteiger partial charge in [0.15, 0.2) is 6.29 Å². The molecular weight excluding hydrogens is 252 g/mol. The minimum atomic E-state index is -0.175. The molecule has 1 aromatic carbocycles. The quantitative estimate of drug-likeness (QED) is 0.669. The van der Waals surface area contributed by atoms with Crippen LogP contribution in [0.4, 0.5) is 0 Å². The van der Waals surface area contributed by atoms with Crippen molar-refractivity contribution in [2.75, 3.05) is 0 Å². The molecule has 0 fully saturated rings. The van der Waals surface area contributed by atoms with Crippen LogP contribution in [0.2, 0.25) is 0 Å². The highest BCUT2D eigenvalue weighted by Crippen LogP contribution is 2.16. The van der Waals surface area contributed by atoms with E-state index in [1.54, 1.807) is 10.6 Å². The maximum absolute atomic E-state index is 12.7. The summed E-state index contributed by atoms with van der Waals surface area (Å²) < 4.78 is 3.19. The maximum atomic E-state index is 12.7. The topological polar surface area (TPSA) is 43.5 Å². The third-order valence-corrected chi connectivity index (χ3v) is 3.61. The summed E-state index contributed by atoms with van der Waals surface area (Å²) in [5.41, 5.74) is 3.44. The van der Waals surface area contributed by atoms with E-state index in [1.165, 1.54) is 4.57 Å². The maximum Gasteiger partial charge on any atom is 0.280 e. The van der Waals surface area contributed by atoms with Gasteiger partial charge in [0, 0.05) is 18.1 Å². The van der Waals surface area contributed by atoms with E-state index < -0.39 is 0 Å². The number of fused-ring (bicyclic) bond motifs is 1. The zero-order chi connectivity index (χ0) is 14.3. The van der Waals surface area contributed by atoms with E-state index >= 15 is 0 Å². The first kappa shape index (κ1) is 12.4. The van der Waals surface area contributed by atoms with Crippen molar-refractivity contribution in [3.8, 4) is 5.69 Å². The summed E-state index contributed by atoms with van der Waals surface area (Å²) in [5.74, 6) is 0. The number of benzene rings is 1. The van der Waals surface area contributed by atoms with Crippen LogP contribution in [-0.4, -0.2) is 15.3 Å². The molecule has 0 amide bonds. The molecule has 2 aromatic heterocycles. The van der Waals surface area contributed by atoms with Gasteiger partial charge in [0.25, 0.3) is 5.56 Å². The standard InChI is InChI=1S/C16H14N2O2/c1-11-8-17-9-14(10-19)18(13-6-4-3-5-7-13)16(20)15(17)12(11)2/h3-10H,1-2H3. The van der Waals surface area contributed by atoms with Crippen molar-refractivity contribution in [1.82, 2.24) is 8.97 Å². The van der Waals surface area contributed by atoms with E-state index in [4.69, 9.17) is 0 Å². The number of aryl methyl sites for hydroxylation is 2. The predicted octanol–water partition coefficient (Wildman–Crippen LogP) is 2.52. The van der Waals surface area contributed by atoms with Crippen LogP contribution in [0.25, 0.3) is 11.2 Å². The smallest absolute Gasteiger partial charge is 0.280 e. The van der Waals surface area contributed by atoms with E-state index in [0.29, 0.717) is 23.2 Å². The Hall–Kier alpha value is -2.62. The van der Waals surface area contributed by atoms with Crippen LogP contribution in [-0.2, 0) is 0 Å². The largest absolute Gasteiger partial charge is 0.316 e. The SMILES string of the molecule is Cc1cn2cc(C=O)n(-c3ccccc3)c(=O)c2c1C. The van der Waals surface area contributed by atoms with Gasteiger partial charge in [-0.1, -0.05) is 18.2 Å². The lowest BCUT2D eigenvalue weighted by molar-refractivity contribution is 0.111.